The molecule has 10 heteroatoms. The Labute approximate surface area is 190 Å². The van der Waals surface area contributed by atoms with Crippen molar-refractivity contribution in [2.24, 2.45) is 0 Å². The van der Waals surface area contributed by atoms with Gasteiger partial charge in [-0.05, 0) is 17.5 Å². The van der Waals surface area contributed by atoms with Crippen LogP contribution in [0, 0.1) is 0 Å². The molecule has 0 atom stereocenters. The number of pyridine rings is 1. The molecule has 2 aromatic rings. The highest BCUT2D eigenvalue weighted by molar-refractivity contribution is 7.88. The van der Waals surface area contributed by atoms with Crippen molar-refractivity contribution in [3.63, 3.8) is 0 Å². The number of nitrogens with zero attached hydrogens (tertiary/aromatic N) is 6. The molecule has 0 radical (unpaired) electrons. The van der Waals surface area contributed by atoms with Gasteiger partial charge in [-0.3, -0.25) is 4.90 Å². The molecule has 4 heterocycles. The van der Waals surface area contributed by atoms with Crippen molar-refractivity contribution in [1.82, 2.24) is 24.2 Å². The number of ether oxygens (including phenoxy) is 1. The van der Waals surface area contributed by atoms with Crippen LogP contribution in [0.25, 0.3) is 0 Å². The van der Waals surface area contributed by atoms with Gasteiger partial charge in [0.25, 0.3) is 0 Å². The number of sulfonamides is 1. The molecule has 0 bridgehead atoms. The van der Waals surface area contributed by atoms with Crippen LogP contribution in [0.3, 0.4) is 0 Å². The average molecular weight is 461 g/mol. The highest BCUT2D eigenvalue weighted by atomic mass is 32.2. The van der Waals surface area contributed by atoms with E-state index in [0.29, 0.717) is 19.0 Å². The molecule has 4 rings (SSSR count). The topological polar surface area (TPSA) is 91.8 Å². The highest BCUT2D eigenvalue weighted by Crippen LogP contribution is 2.21. The van der Waals surface area contributed by atoms with Gasteiger partial charge in [0, 0.05) is 83.3 Å². The highest BCUT2D eigenvalue weighted by Gasteiger charge is 2.24. The lowest BCUT2D eigenvalue weighted by Gasteiger charge is -2.33. The van der Waals surface area contributed by atoms with Crippen molar-refractivity contribution >= 4 is 16.0 Å². The van der Waals surface area contributed by atoms with Gasteiger partial charge >= 0.3 is 0 Å². The van der Waals surface area contributed by atoms with E-state index in [4.69, 9.17) is 4.74 Å². The fourth-order valence-corrected chi connectivity index (χ4v) is 4.92. The summed E-state index contributed by atoms with van der Waals surface area (Å²) in [6, 6.07) is 3.98. The Balaban J connectivity index is 1.22. The number of hydrogen-bond donors (Lipinski definition) is 0. The lowest BCUT2D eigenvalue weighted by molar-refractivity contribution is 0.163. The van der Waals surface area contributed by atoms with Gasteiger partial charge in [0.2, 0.25) is 21.9 Å². The standard InChI is InChI=1S/C22H32N6O3S/c1-3-18-14-24-22(25-15-18)27-8-6-20(7-9-27)31-21-5-4-19(16-23-21)17-26-10-12-28(13-11-26)32(2,29)30/h4-5,14-16,20H,3,6-13,17H2,1-2H3. The third kappa shape index (κ3) is 5.93. The molecule has 9 nitrogen and oxygen atoms in total. The summed E-state index contributed by atoms with van der Waals surface area (Å²) in [5.74, 6) is 1.44. The minimum absolute atomic E-state index is 0.142. The van der Waals surface area contributed by atoms with Crippen LogP contribution in [0.1, 0.15) is 30.9 Å². The van der Waals surface area contributed by atoms with Crippen molar-refractivity contribution in [2.75, 3.05) is 50.4 Å². The molecule has 0 aliphatic carbocycles. The minimum atomic E-state index is -3.10. The first-order valence-corrected chi connectivity index (χ1v) is 13.1. The largest absolute Gasteiger partial charge is 0.474 e. The molecule has 0 N–H and O–H groups in total. The van der Waals surface area contributed by atoms with Gasteiger partial charge in [-0.15, -0.1) is 0 Å². The summed E-state index contributed by atoms with van der Waals surface area (Å²) in [5, 5.41) is 0. The molecule has 2 aliphatic heterocycles. The van der Waals surface area contributed by atoms with Crippen LogP contribution >= 0.6 is 0 Å². The molecule has 32 heavy (non-hydrogen) atoms. The SMILES string of the molecule is CCc1cnc(N2CCC(Oc3ccc(CN4CCN(S(C)(=O)=O)CC4)cn3)CC2)nc1. The Morgan fingerprint density at radius 2 is 1.59 bits per heavy atom. The number of anilines is 1. The average Bonchev–Trinajstić information content (AvgIpc) is 2.81. The predicted octanol–water partition coefficient (Wildman–Crippen LogP) is 1.56. The molecular weight excluding hydrogens is 428 g/mol. The molecule has 0 aromatic carbocycles. The lowest BCUT2D eigenvalue weighted by atomic mass is 10.1. The Morgan fingerprint density at radius 3 is 2.16 bits per heavy atom. The number of piperazine rings is 1. The van der Waals surface area contributed by atoms with Gasteiger partial charge in [-0.25, -0.2) is 23.4 Å². The summed E-state index contributed by atoms with van der Waals surface area (Å²) in [6.07, 6.45) is 9.85. The van der Waals surface area contributed by atoms with Crippen LogP contribution in [0.2, 0.25) is 0 Å². The van der Waals surface area contributed by atoms with Crippen molar-refractivity contribution in [2.45, 2.75) is 38.8 Å². The van der Waals surface area contributed by atoms with Crippen LogP contribution in [0.15, 0.2) is 30.7 Å². The van der Waals surface area contributed by atoms with Crippen LogP contribution in [-0.4, -0.2) is 84.2 Å². The molecular formula is C22H32N6O3S. The molecule has 2 fully saturated rings. The number of aromatic nitrogens is 3. The molecule has 174 valence electrons. The van der Waals surface area contributed by atoms with Crippen LogP contribution in [0.4, 0.5) is 5.95 Å². The van der Waals surface area contributed by atoms with Crippen molar-refractivity contribution in [1.29, 1.82) is 0 Å². The van der Waals surface area contributed by atoms with Gasteiger partial charge in [0.1, 0.15) is 6.10 Å². The third-order valence-electron chi connectivity index (χ3n) is 6.12. The third-order valence-corrected chi connectivity index (χ3v) is 7.42. The second-order valence-corrected chi connectivity index (χ2v) is 10.5. The molecule has 2 aromatic heterocycles. The van der Waals surface area contributed by atoms with Gasteiger partial charge in [-0.1, -0.05) is 13.0 Å². The summed E-state index contributed by atoms with van der Waals surface area (Å²) >= 11 is 0. The Kier molecular flexibility index (Phi) is 7.22. The molecule has 2 saturated heterocycles. The second kappa shape index (κ2) is 10.1. The van der Waals surface area contributed by atoms with E-state index in [2.05, 4.69) is 31.7 Å². The van der Waals surface area contributed by atoms with E-state index in [-0.39, 0.29) is 6.10 Å². The molecule has 0 saturated carbocycles. The van der Waals surface area contributed by atoms with E-state index >= 15 is 0 Å². The fraction of sp³-hybridized carbons (Fsp3) is 0.591. The van der Waals surface area contributed by atoms with E-state index in [0.717, 1.165) is 69.1 Å². The number of aryl methyl sites for hydroxylation is 1. The number of rotatable bonds is 7. The summed E-state index contributed by atoms with van der Waals surface area (Å²) < 4.78 is 30.9. The Hall–Kier alpha value is -2.30. The van der Waals surface area contributed by atoms with Crippen molar-refractivity contribution in [3.05, 3.63) is 41.9 Å². The zero-order valence-corrected chi connectivity index (χ0v) is 19.7. The van der Waals surface area contributed by atoms with E-state index in [1.54, 1.807) is 0 Å². The zero-order chi connectivity index (χ0) is 22.6. The molecule has 0 spiro atoms. The van der Waals surface area contributed by atoms with E-state index < -0.39 is 10.0 Å². The van der Waals surface area contributed by atoms with Crippen LogP contribution in [0.5, 0.6) is 5.88 Å². The normalized spacial score (nSPS) is 19.2. The van der Waals surface area contributed by atoms with Gasteiger partial charge in [-0.2, -0.15) is 4.31 Å². The molecule has 2 aliphatic rings. The summed E-state index contributed by atoms with van der Waals surface area (Å²) in [4.78, 5) is 17.9. The van der Waals surface area contributed by atoms with Crippen LogP contribution < -0.4 is 9.64 Å². The number of piperidine rings is 1. The summed E-state index contributed by atoms with van der Waals surface area (Å²) in [6.45, 7) is 7.15. The van der Waals surface area contributed by atoms with E-state index in [1.165, 1.54) is 10.6 Å². The maximum absolute atomic E-state index is 11.6. The lowest BCUT2D eigenvalue weighted by Crippen LogP contribution is -2.47. The Morgan fingerprint density at radius 1 is 0.938 bits per heavy atom. The zero-order valence-electron chi connectivity index (χ0n) is 18.9. The Bertz CT molecular complexity index is 968. The molecule has 0 unspecified atom stereocenters. The maximum Gasteiger partial charge on any atom is 0.225 e. The monoisotopic (exact) mass is 460 g/mol. The summed E-state index contributed by atoms with van der Waals surface area (Å²) in [7, 11) is -3.10. The first-order valence-electron chi connectivity index (χ1n) is 11.3. The maximum atomic E-state index is 11.6. The smallest absolute Gasteiger partial charge is 0.225 e. The quantitative estimate of drug-likeness (QED) is 0.615. The van der Waals surface area contributed by atoms with Crippen LogP contribution in [-0.2, 0) is 23.0 Å². The predicted molar refractivity (Wildman–Crippen MR) is 123 cm³/mol. The second-order valence-electron chi connectivity index (χ2n) is 8.49. The van der Waals surface area contributed by atoms with Gasteiger partial charge in [0.05, 0.1) is 6.26 Å². The number of hydrogen-bond acceptors (Lipinski definition) is 8. The van der Waals surface area contributed by atoms with E-state index in [1.807, 2.05) is 30.7 Å². The molecule has 0 amide bonds. The van der Waals surface area contributed by atoms with Gasteiger partial charge < -0.3 is 9.64 Å². The van der Waals surface area contributed by atoms with Gasteiger partial charge in [0.15, 0.2) is 0 Å². The minimum Gasteiger partial charge on any atom is -0.474 e. The first kappa shape index (κ1) is 22.9. The van der Waals surface area contributed by atoms with Crippen molar-refractivity contribution < 1.29 is 13.2 Å². The van der Waals surface area contributed by atoms with E-state index in [9.17, 15) is 8.42 Å². The summed E-state index contributed by atoms with van der Waals surface area (Å²) in [5.41, 5.74) is 2.25. The van der Waals surface area contributed by atoms with Crippen molar-refractivity contribution in [3.8, 4) is 5.88 Å². The fourth-order valence-electron chi connectivity index (χ4n) is 4.09. The first-order chi connectivity index (χ1) is 15.4.